The zero-order valence-corrected chi connectivity index (χ0v) is 9.50. The first-order valence-corrected chi connectivity index (χ1v) is 5.57. The zero-order valence-electron chi connectivity index (χ0n) is 8.74. The molecule has 0 spiro atoms. The maximum atomic E-state index is 13.4. The lowest BCUT2D eigenvalue weighted by atomic mass is 9.94. The molecule has 7 heteroatoms. The number of aromatic nitrogens is 2. The largest absolute Gasteiger partial charge is 0.296 e. The summed E-state index contributed by atoms with van der Waals surface area (Å²) in [6.45, 7) is 0. The summed E-state index contributed by atoms with van der Waals surface area (Å²) in [5.74, 6) is -2.08. The Hall–Kier alpha value is -1.56. The molecule has 1 fully saturated rings. The number of piperidine rings is 1. The fourth-order valence-electron chi connectivity index (χ4n) is 1.64. The molecule has 0 radical (unpaired) electrons. The predicted molar refractivity (Wildman–Crippen MR) is 56.7 cm³/mol. The molecule has 2 rings (SSSR count). The maximum Gasteiger partial charge on any atom is 0.235 e. The van der Waals surface area contributed by atoms with Crippen molar-refractivity contribution in [3.63, 3.8) is 0 Å². The third-order valence-electron chi connectivity index (χ3n) is 2.56. The molecule has 1 aliphatic heterocycles. The van der Waals surface area contributed by atoms with E-state index in [0.29, 0.717) is 6.42 Å². The fourth-order valence-corrected chi connectivity index (χ4v) is 1.83. The third-order valence-corrected chi connectivity index (χ3v) is 2.81. The number of amides is 2. The van der Waals surface area contributed by atoms with Gasteiger partial charge in [0.2, 0.25) is 11.8 Å². The van der Waals surface area contributed by atoms with Crippen LogP contribution in [0.25, 0.3) is 0 Å². The average Bonchev–Trinajstić information content (AvgIpc) is 2.29. The summed E-state index contributed by atoms with van der Waals surface area (Å²) in [6.07, 6.45) is 0.538. The van der Waals surface area contributed by atoms with E-state index in [-0.39, 0.29) is 29.6 Å². The number of hydrogen-bond acceptors (Lipinski definition) is 4. The quantitative estimate of drug-likeness (QED) is 0.630. The maximum absolute atomic E-state index is 13.4. The SMILES string of the molecule is O=C1CCC(c2cc(F)c(CCl)nn2)C(=O)N1. The second-order valence-corrected chi connectivity index (χ2v) is 3.97. The predicted octanol–water partition coefficient (Wildman–Crippen LogP) is 0.875. The summed E-state index contributed by atoms with van der Waals surface area (Å²) < 4.78 is 13.4. The van der Waals surface area contributed by atoms with Gasteiger partial charge in [-0.1, -0.05) is 0 Å². The van der Waals surface area contributed by atoms with Crippen LogP contribution >= 0.6 is 11.6 Å². The van der Waals surface area contributed by atoms with Gasteiger partial charge >= 0.3 is 0 Å². The topological polar surface area (TPSA) is 72.0 Å². The van der Waals surface area contributed by atoms with Crippen LogP contribution in [0, 0.1) is 5.82 Å². The van der Waals surface area contributed by atoms with Crippen LogP contribution in [0.2, 0.25) is 0 Å². The summed E-state index contributed by atoms with van der Waals surface area (Å²) in [7, 11) is 0. The number of alkyl halides is 1. The van der Waals surface area contributed by atoms with E-state index in [1.807, 2.05) is 0 Å². The Morgan fingerprint density at radius 3 is 2.82 bits per heavy atom. The van der Waals surface area contributed by atoms with E-state index in [1.165, 1.54) is 0 Å². The van der Waals surface area contributed by atoms with Crippen molar-refractivity contribution in [2.45, 2.75) is 24.6 Å². The molecule has 0 saturated carbocycles. The van der Waals surface area contributed by atoms with Gasteiger partial charge in [-0.2, -0.15) is 10.2 Å². The van der Waals surface area contributed by atoms with Gasteiger partial charge in [-0.25, -0.2) is 4.39 Å². The molecule has 1 N–H and O–H groups in total. The van der Waals surface area contributed by atoms with E-state index in [1.54, 1.807) is 0 Å². The van der Waals surface area contributed by atoms with Crippen LogP contribution in [0.1, 0.15) is 30.1 Å². The monoisotopic (exact) mass is 257 g/mol. The van der Waals surface area contributed by atoms with E-state index in [0.717, 1.165) is 6.07 Å². The summed E-state index contributed by atoms with van der Waals surface area (Å²) in [5, 5.41) is 9.55. The van der Waals surface area contributed by atoms with Crippen LogP contribution in [0.15, 0.2) is 6.07 Å². The summed E-state index contributed by atoms with van der Waals surface area (Å²) >= 11 is 5.45. The molecule has 5 nitrogen and oxygen atoms in total. The van der Waals surface area contributed by atoms with Crippen molar-refractivity contribution in [1.82, 2.24) is 15.5 Å². The third kappa shape index (κ3) is 2.41. The van der Waals surface area contributed by atoms with Gasteiger partial charge in [0.15, 0.2) is 0 Å². The highest BCUT2D eigenvalue weighted by Crippen LogP contribution is 2.23. The van der Waals surface area contributed by atoms with Crippen molar-refractivity contribution < 1.29 is 14.0 Å². The van der Waals surface area contributed by atoms with Crippen molar-refractivity contribution in [1.29, 1.82) is 0 Å². The van der Waals surface area contributed by atoms with Crippen molar-refractivity contribution >= 4 is 23.4 Å². The van der Waals surface area contributed by atoms with E-state index < -0.39 is 17.6 Å². The molecule has 0 bridgehead atoms. The van der Waals surface area contributed by atoms with Gasteiger partial charge in [-0.3, -0.25) is 14.9 Å². The Balaban J connectivity index is 2.25. The second-order valence-electron chi connectivity index (χ2n) is 3.70. The minimum atomic E-state index is -0.626. The van der Waals surface area contributed by atoms with E-state index >= 15 is 0 Å². The Bertz CT molecular complexity index is 481. The Morgan fingerprint density at radius 1 is 1.47 bits per heavy atom. The molecular formula is C10H9ClFN3O2. The fraction of sp³-hybridized carbons (Fsp3) is 0.400. The lowest BCUT2D eigenvalue weighted by molar-refractivity contribution is -0.134. The molecule has 2 amide bonds. The second kappa shape index (κ2) is 4.75. The van der Waals surface area contributed by atoms with E-state index in [2.05, 4.69) is 15.5 Å². The lowest BCUT2D eigenvalue weighted by Gasteiger charge is -2.19. The number of nitrogens with zero attached hydrogens (tertiary/aromatic N) is 2. The highest BCUT2D eigenvalue weighted by atomic mass is 35.5. The van der Waals surface area contributed by atoms with Crippen LogP contribution in [0.5, 0.6) is 0 Å². The summed E-state index contributed by atoms with van der Waals surface area (Å²) in [4.78, 5) is 22.5. The average molecular weight is 258 g/mol. The number of rotatable bonds is 2. The Labute approximate surface area is 101 Å². The molecule has 1 aliphatic rings. The number of carbonyl (C=O) groups is 2. The van der Waals surface area contributed by atoms with Gasteiger partial charge in [0.25, 0.3) is 0 Å². The number of halogens is 2. The minimum absolute atomic E-state index is 0.0442. The highest BCUT2D eigenvalue weighted by Gasteiger charge is 2.29. The van der Waals surface area contributed by atoms with Gasteiger partial charge in [0.1, 0.15) is 11.5 Å². The molecule has 17 heavy (non-hydrogen) atoms. The number of hydrogen-bond donors (Lipinski definition) is 1. The molecular weight excluding hydrogens is 249 g/mol. The van der Waals surface area contributed by atoms with Crippen molar-refractivity contribution in [2.75, 3.05) is 0 Å². The number of carbonyl (C=O) groups excluding carboxylic acids is 2. The smallest absolute Gasteiger partial charge is 0.235 e. The first-order chi connectivity index (χ1) is 8.11. The van der Waals surface area contributed by atoms with Gasteiger partial charge in [0, 0.05) is 12.5 Å². The zero-order chi connectivity index (χ0) is 12.4. The molecule has 2 heterocycles. The van der Waals surface area contributed by atoms with Gasteiger partial charge in [0.05, 0.1) is 17.5 Å². The molecule has 1 unspecified atom stereocenters. The van der Waals surface area contributed by atoms with Gasteiger partial charge in [-0.15, -0.1) is 11.6 Å². The van der Waals surface area contributed by atoms with Crippen LogP contribution in [0.4, 0.5) is 4.39 Å². The number of nitrogens with one attached hydrogen (secondary N) is 1. The number of imide groups is 1. The summed E-state index contributed by atoms with van der Waals surface area (Å²) in [5.41, 5.74) is 0.268. The highest BCUT2D eigenvalue weighted by molar-refractivity contribution is 6.16. The normalized spacial score (nSPS) is 20.2. The van der Waals surface area contributed by atoms with E-state index in [9.17, 15) is 14.0 Å². The molecule has 0 aliphatic carbocycles. The molecule has 1 saturated heterocycles. The minimum Gasteiger partial charge on any atom is -0.296 e. The summed E-state index contributed by atoms with van der Waals surface area (Å²) in [6, 6.07) is 1.14. The Morgan fingerprint density at radius 2 is 2.24 bits per heavy atom. The standard InChI is InChI=1S/C10H9ClFN3O2/c11-4-8-6(12)3-7(14-15-8)5-1-2-9(16)13-10(5)17/h3,5H,1-2,4H2,(H,13,16,17). The first kappa shape index (κ1) is 11.9. The van der Waals surface area contributed by atoms with Gasteiger partial charge in [-0.05, 0) is 6.42 Å². The molecule has 90 valence electrons. The van der Waals surface area contributed by atoms with Crippen LogP contribution in [-0.2, 0) is 15.5 Å². The van der Waals surface area contributed by atoms with Crippen LogP contribution in [0.3, 0.4) is 0 Å². The van der Waals surface area contributed by atoms with Crippen LogP contribution in [-0.4, -0.2) is 22.0 Å². The van der Waals surface area contributed by atoms with Crippen LogP contribution < -0.4 is 5.32 Å². The molecule has 1 aromatic heterocycles. The van der Waals surface area contributed by atoms with Crippen molar-refractivity contribution in [3.8, 4) is 0 Å². The Kier molecular flexibility index (Phi) is 3.33. The van der Waals surface area contributed by atoms with Gasteiger partial charge < -0.3 is 0 Å². The lowest BCUT2D eigenvalue weighted by Crippen LogP contribution is -2.39. The molecule has 1 atom stereocenters. The molecule has 1 aromatic rings. The van der Waals surface area contributed by atoms with E-state index in [4.69, 9.17) is 11.6 Å². The van der Waals surface area contributed by atoms with Crippen molar-refractivity contribution in [3.05, 3.63) is 23.3 Å². The van der Waals surface area contributed by atoms with Crippen molar-refractivity contribution in [2.24, 2.45) is 0 Å². The first-order valence-electron chi connectivity index (χ1n) is 5.03. The molecule has 0 aromatic carbocycles.